The quantitative estimate of drug-likeness (QED) is 0.864. The molecule has 7 heteroatoms. The number of carboxylic acid groups (broad SMARTS) is 1. The number of benzene rings is 1. The summed E-state index contributed by atoms with van der Waals surface area (Å²) in [4.78, 5) is 11.3. The molecule has 3 nitrogen and oxygen atoms in total. The Morgan fingerprint density at radius 1 is 1.52 bits per heavy atom. The van der Waals surface area contributed by atoms with E-state index in [-0.39, 0.29) is 13.0 Å². The second-order valence-corrected chi connectivity index (χ2v) is 6.24. The molecule has 1 aliphatic heterocycles. The molecule has 116 valence electrons. The molecule has 2 N–H and O–H groups in total. The van der Waals surface area contributed by atoms with Crippen molar-refractivity contribution < 1.29 is 23.1 Å². The molecule has 1 fully saturated rings. The minimum atomic E-state index is -4.78. The first-order valence-electron chi connectivity index (χ1n) is 6.44. The van der Waals surface area contributed by atoms with Crippen LogP contribution in [0.5, 0.6) is 0 Å². The van der Waals surface area contributed by atoms with Gasteiger partial charge < -0.3 is 10.4 Å². The van der Waals surface area contributed by atoms with Gasteiger partial charge in [0, 0.05) is 16.9 Å². The van der Waals surface area contributed by atoms with Gasteiger partial charge in [-0.05, 0) is 37.1 Å². The summed E-state index contributed by atoms with van der Waals surface area (Å²) in [6, 6.07) is 5.27. The van der Waals surface area contributed by atoms with Gasteiger partial charge in [0.25, 0.3) is 0 Å². The van der Waals surface area contributed by atoms with Crippen LogP contribution in [0, 0.1) is 18.3 Å². The summed E-state index contributed by atoms with van der Waals surface area (Å²) in [7, 11) is 0. The summed E-state index contributed by atoms with van der Waals surface area (Å²) in [6.45, 7) is 1.31. The largest absolute Gasteiger partial charge is 0.481 e. The van der Waals surface area contributed by atoms with Crippen molar-refractivity contribution in [3.8, 4) is 0 Å². The van der Waals surface area contributed by atoms with E-state index in [1.54, 1.807) is 18.2 Å². The number of carboxylic acids is 1. The summed E-state index contributed by atoms with van der Waals surface area (Å²) in [5, 5.41) is 11.8. The fourth-order valence-electron chi connectivity index (χ4n) is 2.83. The van der Waals surface area contributed by atoms with Gasteiger partial charge in [-0.1, -0.05) is 28.1 Å². The molecule has 1 aliphatic rings. The number of hydrogen-bond acceptors (Lipinski definition) is 2. The van der Waals surface area contributed by atoms with E-state index in [4.69, 9.17) is 0 Å². The Morgan fingerprint density at radius 2 is 2.19 bits per heavy atom. The van der Waals surface area contributed by atoms with Gasteiger partial charge in [-0.2, -0.15) is 13.2 Å². The van der Waals surface area contributed by atoms with E-state index in [2.05, 4.69) is 21.2 Å². The molecule has 21 heavy (non-hydrogen) atoms. The zero-order valence-corrected chi connectivity index (χ0v) is 12.9. The molecule has 0 bridgehead atoms. The standard InChI is InChI=1S/C14H15BrF3NO2/c1-8-4-9(2-3-11(8)15)5-10-6-19-7-13(10,12(20)21)14(16,17)18/h2-4,10,19H,5-7H2,1H3,(H,20,21)/t10-,13-/m1/s1. The first kappa shape index (κ1) is 16.3. The number of aliphatic carboxylic acids is 1. The summed E-state index contributed by atoms with van der Waals surface area (Å²) in [5.74, 6) is -2.82. The Bertz CT molecular complexity index is 562. The second kappa shape index (κ2) is 5.61. The smallest absolute Gasteiger partial charge is 0.406 e. The third-order valence-corrected chi connectivity index (χ3v) is 4.97. The molecule has 0 saturated carbocycles. The lowest BCUT2D eigenvalue weighted by Gasteiger charge is -2.32. The van der Waals surface area contributed by atoms with Crippen LogP contribution in [0.2, 0.25) is 0 Å². The molecule has 0 radical (unpaired) electrons. The number of rotatable bonds is 3. The monoisotopic (exact) mass is 365 g/mol. The number of hydrogen-bond donors (Lipinski definition) is 2. The maximum Gasteiger partial charge on any atom is 0.406 e. The van der Waals surface area contributed by atoms with Crippen molar-refractivity contribution in [2.75, 3.05) is 13.1 Å². The van der Waals surface area contributed by atoms with Crippen molar-refractivity contribution >= 4 is 21.9 Å². The van der Waals surface area contributed by atoms with Gasteiger partial charge in [-0.15, -0.1) is 0 Å². The van der Waals surface area contributed by atoms with Crippen LogP contribution in [0.15, 0.2) is 22.7 Å². The van der Waals surface area contributed by atoms with Crippen LogP contribution < -0.4 is 5.32 Å². The first-order valence-corrected chi connectivity index (χ1v) is 7.23. The summed E-state index contributed by atoms with van der Waals surface area (Å²) < 4.78 is 40.9. The Hall–Kier alpha value is -1.08. The SMILES string of the molecule is Cc1cc(C[C@@H]2CNC[C@@]2(C(=O)O)C(F)(F)F)ccc1Br. The van der Waals surface area contributed by atoms with Gasteiger partial charge in [0.1, 0.15) is 0 Å². The molecule has 0 unspecified atom stereocenters. The minimum Gasteiger partial charge on any atom is -0.481 e. The predicted molar refractivity (Wildman–Crippen MR) is 75.1 cm³/mol. The van der Waals surface area contributed by atoms with Crippen molar-refractivity contribution in [3.63, 3.8) is 0 Å². The van der Waals surface area contributed by atoms with Crippen LogP contribution >= 0.6 is 15.9 Å². The topological polar surface area (TPSA) is 49.3 Å². The summed E-state index contributed by atoms with van der Waals surface area (Å²) in [6.07, 6.45) is -4.70. The van der Waals surface area contributed by atoms with Crippen molar-refractivity contribution in [2.45, 2.75) is 19.5 Å². The fourth-order valence-corrected chi connectivity index (χ4v) is 3.08. The Balaban J connectivity index is 2.33. The fraction of sp³-hybridized carbons (Fsp3) is 0.500. The number of nitrogens with one attached hydrogen (secondary N) is 1. The average molecular weight is 366 g/mol. The molecule has 0 aliphatic carbocycles. The van der Waals surface area contributed by atoms with Gasteiger partial charge in [-0.3, -0.25) is 4.79 Å². The first-order chi connectivity index (χ1) is 9.68. The Kier molecular flexibility index (Phi) is 4.35. The predicted octanol–water partition coefficient (Wildman–Crippen LogP) is 3.15. The Morgan fingerprint density at radius 3 is 2.71 bits per heavy atom. The van der Waals surface area contributed by atoms with Crippen LogP contribution in [0.25, 0.3) is 0 Å². The summed E-state index contributed by atoms with van der Waals surface area (Å²) in [5.41, 5.74) is -1.10. The zero-order chi connectivity index (χ0) is 15.8. The third-order valence-electron chi connectivity index (χ3n) is 4.08. The van der Waals surface area contributed by atoms with Gasteiger partial charge in [-0.25, -0.2) is 0 Å². The highest BCUT2D eigenvalue weighted by Gasteiger charge is 2.66. The van der Waals surface area contributed by atoms with Crippen molar-refractivity contribution in [3.05, 3.63) is 33.8 Å². The highest BCUT2D eigenvalue weighted by molar-refractivity contribution is 9.10. The molecular weight excluding hydrogens is 351 g/mol. The highest BCUT2D eigenvalue weighted by atomic mass is 79.9. The number of halogens is 4. The van der Waals surface area contributed by atoms with Gasteiger partial charge in [0.15, 0.2) is 5.41 Å². The van der Waals surface area contributed by atoms with E-state index >= 15 is 0 Å². The van der Waals surface area contributed by atoms with E-state index in [0.717, 1.165) is 10.0 Å². The molecule has 0 aromatic heterocycles. The van der Waals surface area contributed by atoms with Crippen LogP contribution in [-0.2, 0) is 11.2 Å². The maximum absolute atomic E-state index is 13.3. The second-order valence-electron chi connectivity index (χ2n) is 5.39. The average Bonchev–Trinajstić information content (AvgIpc) is 2.78. The molecule has 1 aromatic carbocycles. The van der Waals surface area contributed by atoms with Crippen LogP contribution in [0.1, 0.15) is 11.1 Å². The molecule has 1 saturated heterocycles. The van der Waals surface area contributed by atoms with Crippen molar-refractivity contribution in [2.24, 2.45) is 11.3 Å². The van der Waals surface area contributed by atoms with Gasteiger partial charge >= 0.3 is 12.1 Å². The van der Waals surface area contributed by atoms with E-state index in [1.807, 2.05) is 6.92 Å². The number of alkyl halides is 3. The summed E-state index contributed by atoms with van der Waals surface area (Å²) >= 11 is 3.33. The minimum absolute atomic E-state index is 0.0426. The maximum atomic E-state index is 13.3. The molecular formula is C14H15BrF3NO2. The molecule has 2 atom stereocenters. The molecule has 0 amide bonds. The number of carbonyl (C=O) groups is 1. The van der Waals surface area contributed by atoms with Gasteiger partial charge in [0.05, 0.1) is 0 Å². The number of aryl methyl sites for hydroxylation is 1. The third kappa shape index (κ3) is 2.81. The lowest BCUT2D eigenvalue weighted by atomic mass is 9.74. The van der Waals surface area contributed by atoms with Crippen LogP contribution in [0.4, 0.5) is 13.2 Å². The van der Waals surface area contributed by atoms with Crippen molar-refractivity contribution in [1.29, 1.82) is 0 Å². The molecule has 1 heterocycles. The van der Waals surface area contributed by atoms with E-state index < -0.39 is 30.0 Å². The van der Waals surface area contributed by atoms with E-state index in [0.29, 0.717) is 5.56 Å². The lowest BCUT2D eigenvalue weighted by molar-refractivity contribution is -0.236. The van der Waals surface area contributed by atoms with Crippen LogP contribution in [0.3, 0.4) is 0 Å². The van der Waals surface area contributed by atoms with Crippen molar-refractivity contribution in [1.82, 2.24) is 5.32 Å². The van der Waals surface area contributed by atoms with Crippen LogP contribution in [-0.4, -0.2) is 30.3 Å². The zero-order valence-electron chi connectivity index (χ0n) is 11.3. The lowest BCUT2D eigenvalue weighted by Crippen LogP contribution is -2.51. The molecule has 0 spiro atoms. The van der Waals surface area contributed by atoms with E-state index in [1.165, 1.54) is 0 Å². The van der Waals surface area contributed by atoms with Gasteiger partial charge in [0.2, 0.25) is 0 Å². The molecule has 2 rings (SSSR count). The normalized spacial score (nSPS) is 26.0. The molecule has 1 aromatic rings. The van der Waals surface area contributed by atoms with E-state index in [9.17, 15) is 23.1 Å². The Labute approximate surface area is 128 Å². The highest BCUT2D eigenvalue weighted by Crippen LogP contribution is 2.47.